The zero-order chi connectivity index (χ0) is 13.7. The van der Waals surface area contributed by atoms with E-state index in [1.165, 1.54) is 6.92 Å². The highest BCUT2D eigenvalue weighted by atomic mass is 16.5. The van der Waals surface area contributed by atoms with E-state index in [4.69, 9.17) is 24.8 Å². The highest BCUT2D eigenvalue weighted by Crippen LogP contribution is 1.96. The van der Waals surface area contributed by atoms with Crippen molar-refractivity contribution in [3.63, 3.8) is 0 Å². The number of aliphatic hydroxyl groups excluding tert-OH is 3. The zero-order valence-corrected chi connectivity index (χ0v) is 11.4. The molecule has 0 amide bonds. The van der Waals surface area contributed by atoms with Crippen LogP contribution >= 0.6 is 0 Å². The van der Waals surface area contributed by atoms with E-state index in [-0.39, 0.29) is 25.4 Å². The lowest BCUT2D eigenvalue weighted by Gasteiger charge is -2.15. The second-order valence-corrected chi connectivity index (χ2v) is 4.04. The van der Waals surface area contributed by atoms with E-state index in [9.17, 15) is 0 Å². The molecule has 0 saturated carbocycles. The van der Waals surface area contributed by atoms with Crippen molar-refractivity contribution in [2.75, 3.05) is 26.4 Å². The van der Waals surface area contributed by atoms with Crippen LogP contribution in [0, 0.1) is 0 Å². The van der Waals surface area contributed by atoms with Crippen LogP contribution in [0.3, 0.4) is 0 Å². The fourth-order valence-corrected chi connectivity index (χ4v) is 0.720. The summed E-state index contributed by atoms with van der Waals surface area (Å²) in [6, 6.07) is 0. The minimum Gasteiger partial charge on any atom is -0.394 e. The van der Waals surface area contributed by atoms with E-state index in [1.54, 1.807) is 0 Å². The molecule has 5 heteroatoms. The van der Waals surface area contributed by atoms with E-state index in [1.807, 2.05) is 13.8 Å². The first-order chi connectivity index (χ1) is 7.97. The van der Waals surface area contributed by atoms with Gasteiger partial charge in [0.1, 0.15) is 0 Å². The average Bonchev–Trinajstić information content (AvgIpc) is 2.33. The third-order valence-corrected chi connectivity index (χ3v) is 1.74. The third kappa shape index (κ3) is 18.4. The molecule has 0 radical (unpaired) electrons. The summed E-state index contributed by atoms with van der Waals surface area (Å²) in [6.45, 7) is 8.68. The molecule has 0 aromatic rings. The van der Waals surface area contributed by atoms with Crippen LogP contribution in [0.5, 0.6) is 0 Å². The van der Waals surface area contributed by atoms with Crippen molar-refractivity contribution < 1.29 is 24.8 Å². The van der Waals surface area contributed by atoms with E-state index < -0.39 is 6.10 Å². The van der Waals surface area contributed by atoms with Crippen LogP contribution in [0.15, 0.2) is 0 Å². The van der Waals surface area contributed by atoms with E-state index >= 15 is 0 Å². The van der Waals surface area contributed by atoms with Gasteiger partial charge in [0.15, 0.2) is 0 Å². The van der Waals surface area contributed by atoms with Crippen molar-refractivity contribution in [3.05, 3.63) is 0 Å². The Hall–Kier alpha value is -0.200. The van der Waals surface area contributed by atoms with E-state index in [0.29, 0.717) is 6.61 Å². The van der Waals surface area contributed by atoms with Crippen molar-refractivity contribution in [2.24, 2.45) is 0 Å². The number of aliphatic hydroxyl groups is 3. The molecule has 5 nitrogen and oxygen atoms in total. The normalized spacial score (nSPS) is 15.7. The van der Waals surface area contributed by atoms with Crippen LogP contribution in [0.25, 0.3) is 0 Å². The van der Waals surface area contributed by atoms with Crippen LogP contribution in [-0.4, -0.2) is 60.1 Å². The number of ether oxygens (including phenoxy) is 2. The van der Waals surface area contributed by atoms with Crippen molar-refractivity contribution in [1.82, 2.24) is 0 Å². The lowest BCUT2D eigenvalue weighted by Crippen LogP contribution is -2.22. The van der Waals surface area contributed by atoms with Gasteiger partial charge in [0, 0.05) is 6.61 Å². The molecule has 0 aliphatic rings. The minimum absolute atomic E-state index is 0.0699. The van der Waals surface area contributed by atoms with Gasteiger partial charge in [0.05, 0.1) is 38.1 Å². The molecule has 3 unspecified atom stereocenters. The van der Waals surface area contributed by atoms with Gasteiger partial charge in [-0.15, -0.1) is 0 Å². The maximum atomic E-state index is 8.66. The summed E-state index contributed by atoms with van der Waals surface area (Å²) in [5.74, 6) is 0. The molecular formula is C12H28O5. The first-order valence-electron chi connectivity index (χ1n) is 6.10. The standard InChI is InChI=1S/C9H20O3.C3H8O2/c1-4-5-11-9(3)7-12-8(2)6-10;1-3(5)2-4/h8-10H,4-7H2,1-3H3;3-5H,2H2,1H3. The Balaban J connectivity index is 0. The van der Waals surface area contributed by atoms with E-state index in [0.717, 1.165) is 13.0 Å². The highest BCUT2D eigenvalue weighted by Gasteiger charge is 2.04. The summed E-state index contributed by atoms with van der Waals surface area (Å²) in [4.78, 5) is 0. The molecule has 0 heterocycles. The average molecular weight is 252 g/mol. The van der Waals surface area contributed by atoms with Crippen molar-refractivity contribution in [1.29, 1.82) is 0 Å². The molecule has 106 valence electrons. The predicted molar refractivity (Wildman–Crippen MR) is 67.0 cm³/mol. The highest BCUT2D eigenvalue weighted by molar-refractivity contribution is 4.50. The Morgan fingerprint density at radius 1 is 0.941 bits per heavy atom. The molecule has 0 aromatic carbocycles. The number of hydrogen-bond acceptors (Lipinski definition) is 5. The van der Waals surface area contributed by atoms with Gasteiger partial charge in [-0.25, -0.2) is 0 Å². The van der Waals surface area contributed by atoms with Gasteiger partial charge in [-0.2, -0.15) is 0 Å². The van der Waals surface area contributed by atoms with Crippen LogP contribution in [0.1, 0.15) is 34.1 Å². The second-order valence-electron chi connectivity index (χ2n) is 4.04. The first kappa shape index (κ1) is 19.1. The monoisotopic (exact) mass is 252 g/mol. The molecular weight excluding hydrogens is 224 g/mol. The van der Waals surface area contributed by atoms with Crippen LogP contribution in [0.2, 0.25) is 0 Å². The minimum atomic E-state index is -0.560. The van der Waals surface area contributed by atoms with Gasteiger partial charge in [0.25, 0.3) is 0 Å². The Morgan fingerprint density at radius 2 is 1.47 bits per heavy atom. The molecule has 0 spiro atoms. The largest absolute Gasteiger partial charge is 0.394 e. The summed E-state index contributed by atoms with van der Waals surface area (Å²) in [5.41, 5.74) is 0. The quantitative estimate of drug-likeness (QED) is 0.588. The smallest absolute Gasteiger partial charge is 0.0780 e. The Kier molecular flexibility index (Phi) is 15.6. The summed E-state index contributed by atoms with van der Waals surface area (Å²) in [6.07, 6.45) is 0.506. The fraction of sp³-hybridized carbons (Fsp3) is 1.00. The number of rotatable bonds is 8. The molecule has 0 bridgehead atoms. The summed E-state index contributed by atoms with van der Waals surface area (Å²) in [5, 5.41) is 24.7. The van der Waals surface area contributed by atoms with Gasteiger partial charge < -0.3 is 24.8 Å². The SMILES string of the molecule is CC(O)CO.CCCOC(C)COC(C)CO. The summed E-state index contributed by atoms with van der Waals surface area (Å²) < 4.78 is 10.7. The maximum Gasteiger partial charge on any atom is 0.0780 e. The molecule has 3 N–H and O–H groups in total. The molecule has 0 fully saturated rings. The van der Waals surface area contributed by atoms with Crippen LogP contribution in [-0.2, 0) is 9.47 Å². The predicted octanol–water partition coefficient (Wildman–Crippen LogP) is 0.558. The maximum absolute atomic E-state index is 8.66. The lowest BCUT2D eigenvalue weighted by molar-refractivity contribution is -0.0451. The van der Waals surface area contributed by atoms with Crippen molar-refractivity contribution in [3.8, 4) is 0 Å². The van der Waals surface area contributed by atoms with Gasteiger partial charge in [-0.3, -0.25) is 0 Å². The van der Waals surface area contributed by atoms with Crippen molar-refractivity contribution >= 4 is 0 Å². The first-order valence-corrected chi connectivity index (χ1v) is 6.10. The fourth-order valence-electron chi connectivity index (χ4n) is 0.720. The van der Waals surface area contributed by atoms with Gasteiger partial charge >= 0.3 is 0 Å². The number of hydrogen-bond donors (Lipinski definition) is 3. The second kappa shape index (κ2) is 13.9. The lowest BCUT2D eigenvalue weighted by atomic mass is 10.4. The molecule has 0 aliphatic carbocycles. The van der Waals surface area contributed by atoms with Crippen LogP contribution in [0.4, 0.5) is 0 Å². The van der Waals surface area contributed by atoms with Gasteiger partial charge in [0.2, 0.25) is 0 Å². The zero-order valence-electron chi connectivity index (χ0n) is 11.4. The Morgan fingerprint density at radius 3 is 1.82 bits per heavy atom. The van der Waals surface area contributed by atoms with Crippen LogP contribution < -0.4 is 0 Å². The third-order valence-electron chi connectivity index (χ3n) is 1.74. The molecule has 0 saturated heterocycles. The summed E-state index contributed by atoms with van der Waals surface area (Å²) in [7, 11) is 0. The summed E-state index contributed by atoms with van der Waals surface area (Å²) >= 11 is 0. The molecule has 0 aromatic heterocycles. The Bertz CT molecular complexity index is 141. The topological polar surface area (TPSA) is 79.2 Å². The molecule has 0 aliphatic heterocycles. The Labute approximate surface area is 104 Å². The molecule has 0 rings (SSSR count). The van der Waals surface area contributed by atoms with Crippen molar-refractivity contribution in [2.45, 2.75) is 52.4 Å². The van der Waals surface area contributed by atoms with Gasteiger partial charge in [-0.1, -0.05) is 6.92 Å². The van der Waals surface area contributed by atoms with Gasteiger partial charge in [-0.05, 0) is 27.2 Å². The molecule has 17 heavy (non-hydrogen) atoms. The molecule has 3 atom stereocenters. The van der Waals surface area contributed by atoms with E-state index in [2.05, 4.69) is 6.92 Å².